The summed E-state index contributed by atoms with van der Waals surface area (Å²) in [6, 6.07) is 26.1. The lowest BCUT2D eigenvalue weighted by Gasteiger charge is -2.26. The van der Waals surface area contributed by atoms with Crippen molar-refractivity contribution in [1.29, 1.82) is 0 Å². The highest BCUT2D eigenvalue weighted by Crippen LogP contribution is 2.28. The zero-order chi connectivity index (χ0) is 19.7. The van der Waals surface area contributed by atoms with E-state index < -0.39 is 22.1 Å². The lowest BCUT2D eigenvalue weighted by Crippen LogP contribution is -2.36. The van der Waals surface area contributed by atoms with Crippen LogP contribution >= 0.6 is 0 Å². The van der Waals surface area contributed by atoms with Crippen LogP contribution in [0.1, 0.15) is 37.1 Å². The Bertz CT molecular complexity index is 899. The van der Waals surface area contributed by atoms with Crippen LogP contribution in [0.15, 0.2) is 95.9 Å². The van der Waals surface area contributed by atoms with Crippen molar-refractivity contribution in [2.75, 3.05) is 0 Å². The van der Waals surface area contributed by atoms with Gasteiger partial charge in [-0.3, -0.25) is 0 Å². The van der Waals surface area contributed by atoms with Crippen LogP contribution < -0.4 is 10.5 Å². The number of nitrogens with two attached hydrogens (primary N) is 1. The summed E-state index contributed by atoms with van der Waals surface area (Å²) in [6.07, 6.45) is 0. The molecule has 3 rings (SSSR count). The fraction of sp³-hybridized carbons (Fsp3) is 0.182. The summed E-state index contributed by atoms with van der Waals surface area (Å²) in [5.74, 6) is 0. The first-order valence-electron chi connectivity index (χ1n) is 9.01. The second-order valence-corrected chi connectivity index (χ2v) is 7.47. The van der Waals surface area contributed by atoms with E-state index in [1.165, 1.54) is 0 Å². The second kappa shape index (κ2) is 10.0. The van der Waals surface area contributed by atoms with Crippen LogP contribution in [0.4, 0.5) is 0 Å². The van der Waals surface area contributed by atoms with E-state index in [-0.39, 0.29) is 4.90 Å². The lowest BCUT2D eigenvalue weighted by atomic mass is 9.95. The normalized spacial score (nSPS) is 13.1. The molecule has 3 aromatic rings. The molecule has 0 saturated carbocycles. The van der Waals surface area contributed by atoms with Crippen LogP contribution in [0.3, 0.4) is 0 Å². The third-order valence-electron chi connectivity index (χ3n) is 4.04. The van der Waals surface area contributed by atoms with Gasteiger partial charge in [0.05, 0.1) is 17.0 Å². The molecule has 0 aromatic heterocycles. The predicted molar refractivity (Wildman–Crippen MR) is 111 cm³/mol. The molecule has 0 spiro atoms. The van der Waals surface area contributed by atoms with Gasteiger partial charge in [-0.1, -0.05) is 92.7 Å². The number of rotatable bonds is 6. The van der Waals surface area contributed by atoms with Gasteiger partial charge >= 0.3 is 0 Å². The Morgan fingerprint density at radius 2 is 1.11 bits per heavy atom. The standard InChI is InChI=1S/C20H20N2O2S.C2H6/c21-19(16-10-4-1-5-11-16)20(17-12-6-2-7-13-17)22-25(23,24)18-14-8-3-9-15-18;1-2/h1-15,19-20,22H,21H2;1-2H3. The first kappa shape index (κ1) is 20.8. The quantitative estimate of drug-likeness (QED) is 0.662. The SMILES string of the molecule is CC.NC(c1ccccc1)C(NS(=O)(=O)c1ccccc1)c1ccccc1. The van der Waals surface area contributed by atoms with Gasteiger partial charge in [0.1, 0.15) is 0 Å². The van der Waals surface area contributed by atoms with Crippen molar-refractivity contribution in [2.24, 2.45) is 5.73 Å². The predicted octanol–water partition coefficient (Wildman–Crippen LogP) is 4.43. The van der Waals surface area contributed by atoms with Crippen LogP contribution in [0, 0.1) is 0 Å². The topological polar surface area (TPSA) is 72.2 Å². The summed E-state index contributed by atoms with van der Waals surface area (Å²) in [6.45, 7) is 4.00. The van der Waals surface area contributed by atoms with Gasteiger partial charge < -0.3 is 5.73 Å². The summed E-state index contributed by atoms with van der Waals surface area (Å²) in [4.78, 5) is 0.219. The van der Waals surface area contributed by atoms with E-state index in [1.54, 1.807) is 30.3 Å². The summed E-state index contributed by atoms with van der Waals surface area (Å²) in [7, 11) is -3.69. The van der Waals surface area contributed by atoms with E-state index in [4.69, 9.17) is 5.73 Å². The van der Waals surface area contributed by atoms with Gasteiger partial charge in [0.25, 0.3) is 0 Å². The zero-order valence-corrected chi connectivity index (χ0v) is 16.4. The molecule has 0 aliphatic rings. The highest BCUT2D eigenvalue weighted by molar-refractivity contribution is 7.89. The Hall–Kier alpha value is -2.47. The average Bonchev–Trinajstić information content (AvgIpc) is 2.75. The lowest BCUT2D eigenvalue weighted by molar-refractivity contribution is 0.504. The highest BCUT2D eigenvalue weighted by atomic mass is 32.2. The molecule has 4 nitrogen and oxygen atoms in total. The Kier molecular flexibility index (Phi) is 7.73. The summed E-state index contributed by atoms with van der Waals surface area (Å²) in [5, 5.41) is 0. The van der Waals surface area contributed by atoms with Crippen LogP contribution in [0.25, 0.3) is 0 Å². The minimum atomic E-state index is -3.69. The van der Waals surface area contributed by atoms with Gasteiger partial charge in [-0.05, 0) is 23.3 Å². The molecule has 0 heterocycles. The molecule has 0 bridgehead atoms. The van der Waals surface area contributed by atoms with Gasteiger partial charge in [-0.15, -0.1) is 0 Å². The Labute approximate surface area is 162 Å². The zero-order valence-electron chi connectivity index (χ0n) is 15.6. The monoisotopic (exact) mass is 382 g/mol. The molecular formula is C22H26N2O2S. The fourth-order valence-electron chi connectivity index (χ4n) is 2.71. The highest BCUT2D eigenvalue weighted by Gasteiger charge is 2.27. The molecule has 0 fully saturated rings. The number of benzene rings is 3. The van der Waals surface area contributed by atoms with Crippen LogP contribution in [0.5, 0.6) is 0 Å². The first-order valence-corrected chi connectivity index (χ1v) is 10.5. The van der Waals surface area contributed by atoms with E-state index >= 15 is 0 Å². The largest absolute Gasteiger partial charge is 0.322 e. The first-order chi connectivity index (χ1) is 13.1. The van der Waals surface area contributed by atoms with Crippen LogP contribution in [0.2, 0.25) is 0 Å². The van der Waals surface area contributed by atoms with E-state index in [1.807, 2.05) is 74.5 Å². The van der Waals surface area contributed by atoms with Crippen molar-refractivity contribution in [3.8, 4) is 0 Å². The van der Waals surface area contributed by atoms with E-state index in [0.29, 0.717) is 0 Å². The van der Waals surface area contributed by atoms with Crippen LogP contribution in [-0.2, 0) is 10.0 Å². The third kappa shape index (κ3) is 5.50. The van der Waals surface area contributed by atoms with Gasteiger partial charge in [0, 0.05) is 0 Å². The van der Waals surface area contributed by atoms with Crippen LogP contribution in [-0.4, -0.2) is 8.42 Å². The molecule has 0 aliphatic carbocycles. The molecule has 27 heavy (non-hydrogen) atoms. The Balaban J connectivity index is 0.00000126. The van der Waals surface area contributed by atoms with Crippen molar-refractivity contribution in [3.05, 3.63) is 102 Å². The molecule has 0 aliphatic heterocycles. The Morgan fingerprint density at radius 3 is 1.59 bits per heavy atom. The second-order valence-electron chi connectivity index (χ2n) is 5.76. The molecule has 0 saturated heterocycles. The number of hydrogen-bond acceptors (Lipinski definition) is 3. The number of nitrogens with one attached hydrogen (secondary N) is 1. The molecular weight excluding hydrogens is 356 g/mol. The summed E-state index contributed by atoms with van der Waals surface area (Å²) < 4.78 is 28.3. The Morgan fingerprint density at radius 1 is 0.704 bits per heavy atom. The maximum atomic E-state index is 12.8. The average molecular weight is 383 g/mol. The van der Waals surface area contributed by atoms with E-state index in [0.717, 1.165) is 11.1 Å². The number of sulfonamides is 1. The van der Waals surface area contributed by atoms with Crippen molar-refractivity contribution in [2.45, 2.75) is 30.8 Å². The van der Waals surface area contributed by atoms with Crippen molar-refractivity contribution < 1.29 is 8.42 Å². The number of hydrogen-bond donors (Lipinski definition) is 2. The fourth-order valence-corrected chi connectivity index (χ4v) is 3.98. The summed E-state index contributed by atoms with van der Waals surface area (Å²) >= 11 is 0. The molecule has 3 aromatic carbocycles. The van der Waals surface area contributed by atoms with Crippen molar-refractivity contribution in [3.63, 3.8) is 0 Å². The van der Waals surface area contributed by atoms with Crippen molar-refractivity contribution in [1.82, 2.24) is 4.72 Å². The molecule has 3 N–H and O–H groups in total. The molecule has 2 unspecified atom stereocenters. The minimum Gasteiger partial charge on any atom is -0.322 e. The van der Waals surface area contributed by atoms with Gasteiger partial charge in [0.2, 0.25) is 10.0 Å². The molecule has 0 amide bonds. The van der Waals surface area contributed by atoms with Crippen molar-refractivity contribution >= 4 is 10.0 Å². The molecule has 142 valence electrons. The van der Waals surface area contributed by atoms with E-state index in [2.05, 4.69) is 4.72 Å². The maximum Gasteiger partial charge on any atom is 0.241 e. The van der Waals surface area contributed by atoms with E-state index in [9.17, 15) is 8.42 Å². The minimum absolute atomic E-state index is 0.219. The molecule has 2 atom stereocenters. The molecule has 0 radical (unpaired) electrons. The summed E-state index contributed by atoms with van der Waals surface area (Å²) in [5.41, 5.74) is 8.12. The van der Waals surface area contributed by atoms with Gasteiger partial charge in [-0.25, -0.2) is 13.1 Å². The molecule has 5 heteroatoms. The smallest absolute Gasteiger partial charge is 0.241 e. The van der Waals surface area contributed by atoms with Gasteiger partial charge in [-0.2, -0.15) is 0 Å². The third-order valence-corrected chi connectivity index (χ3v) is 5.49. The maximum absolute atomic E-state index is 12.8. The van der Waals surface area contributed by atoms with Gasteiger partial charge in [0.15, 0.2) is 0 Å².